The molecule has 3 rings (SSSR count). The van der Waals surface area contributed by atoms with Crippen molar-refractivity contribution in [1.29, 1.82) is 0 Å². The molecule has 0 aliphatic carbocycles. The molecule has 0 saturated carbocycles. The Morgan fingerprint density at radius 3 is 2.12 bits per heavy atom. The van der Waals surface area contributed by atoms with Crippen molar-refractivity contribution in [2.45, 2.75) is 31.1 Å². The van der Waals surface area contributed by atoms with E-state index in [-0.39, 0.29) is 4.90 Å². The van der Waals surface area contributed by atoms with E-state index in [1.54, 1.807) is 18.2 Å². The lowest BCUT2D eigenvalue weighted by atomic mass is 10.0. The molecule has 0 bridgehead atoms. The van der Waals surface area contributed by atoms with Crippen molar-refractivity contribution in [3.05, 3.63) is 95.6 Å². The Hall–Kier alpha value is -2.59. The molecule has 3 nitrogen and oxygen atoms in total. The highest BCUT2D eigenvalue weighted by molar-refractivity contribution is 7.92. The van der Waals surface area contributed by atoms with Gasteiger partial charge in [0.1, 0.15) is 0 Å². The molecule has 0 heterocycles. The van der Waals surface area contributed by atoms with Crippen LogP contribution in [0.5, 0.6) is 0 Å². The molecule has 0 spiro atoms. The molecule has 3 aromatic rings. The Bertz CT molecular complexity index is 963. The Labute approximate surface area is 155 Å². The van der Waals surface area contributed by atoms with Gasteiger partial charge < -0.3 is 0 Å². The topological polar surface area (TPSA) is 46.2 Å². The van der Waals surface area contributed by atoms with Gasteiger partial charge in [-0.2, -0.15) is 0 Å². The summed E-state index contributed by atoms with van der Waals surface area (Å²) in [5.74, 6) is 0.370. The van der Waals surface area contributed by atoms with Gasteiger partial charge in [-0.05, 0) is 53.3 Å². The van der Waals surface area contributed by atoms with Crippen molar-refractivity contribution in [1.82, 2.24) is 0 Å². The van der Waals surface area contributed by atoms with Gasteiger partial charge in [0.05, 0.1) is 4.90 Å². The first-order valence-corrected chi connectivity index (χ1v) is 10.2. The number of hydrogen-bond acceptors (Lipinski definition) is 2. The first kappa shape index (κ1) is 18.2. The summed E-state index contributed by atoms with van der Waals surface area (Å²) in [5, 5.41) is 0. The van der Waals surface area contributed by atoms with Crippen molar-refractivity contribution < 1.29 is 8.42 Å². The fourth-order valence-corrected chi connectivity index (χ4v) is 3.87. The highest BCUT2D eigenvalue weighted by Gasteiger charge is 2.14. The zero-order valence-corrected chi connectivity index (χ0v) is 15.8. The summed E-state index contributed by atoms with van der Waals surface area (Å²) >= 11 is 0. The summed E-state index contributed by atoms with van der Waals surface area (Å²) < 4.78 is 28.0. The van der Waals surface area contributed by atoms with Gasteiger partial charge in [0.2, 0.25) is 0 Å². The van der Waals surface area contributed by atoms with Crippen molar-refractivity contribution in [3.63, 3.8) is 0 Å². The first-order chi connectivity index (χ1) is 12.4. The van der Waals surface area contributed by atoms with E-state index in [0.717, 1.165) is 17.5 Å². The molecule has 1 N–H and O–H groups in total. The molecule has 0 aliphatic heterocycles. The second-order valence-corrected chi connectivity index (χ2v) is 8.37. The van der Waals surface area contributed by atoms with Crippen LogP contribution in [-0.4, -0.2) is 8.42 Å². The molecule has 26 heavy (non-hydrogen) atoms. The second kappa shape index (κ2) is 7.75. The SMILES string of the molecule is CC(C)c1ccc(S(=O)(=O)Nc2cccc(Cc3ccccc3)c2)cc1. The third-order valence-corrected chi connectivity index (χ3v) is 5.68. The fraction of sp³-hybridized carbons (Fsp3) is 0.182. The van der Waals surface area contributed by atoms with Crippen LogP contribution in [0.4, 0.5) is 5.69 Å². The predicted octanol–water partition coefficient (Wildman–Crippen LogP) is 5.20. The molecule has 0 saturated heterocycles. The molecule has 134 valence electrons. The Balaban J connectivity index is 1.78. The van der Waals surface area contributed by atoms with Crippen LogP contribution in [0.2, 0.25) is 0 Å². The van der Waals surface area contributed by atoms with Gasteiger partial charge in [0.25, 0.3) is 10.0 Å². The van der Waals surface area contributed by atoms with E-state index in [2.05, 4.69) is 30.7 Å². The van der Waals surface area contributed by atoms with Crippen LogP contribution < -0.4 is 4.72 Å². The average molecular weight is 365 g/mol. The lowest BCUT2D eigenvalue weighted by Crippen LogP contribution is -2.13. The number of anilines is 1. The van der Waals surface area contributed by atoms with Gasteiger partial charge in [-0.15, -0.1) is 0 Å². The van der Waals surface area contributed by atoms with Crippen LogP contribution in [0.15, 0.2) is 83.8 Å². The predicted molar refractivity (Wildman–Crippen MR) is 107 cm³/mol. The summed E-state index contributed by atoms with van der Waals surface area (Å²) in [5.41, 5.74) is 3.95. The molecule has 0 aliphatic rings. The molecule has 3 aromatic carbocycles. The van der Waals surface area contributed by atoms with Gasteiger partial charge in [-0.1, -0.05) is 68.4 Å². The maximum atomic E-state index is 12.6. The number of benzene rings is 3. The van der Waals surface area contributed by atoms with E-state index in [1.807, 2.05) is 48.5 Å². The van der Waals surface area contributed by atoms with Gasteiger partial charge >= 0.3 is 0 Å². The van der Waals surface area contributed by atoms with Gasteiger partial charge in [-0.25, -0.2) is 8.42 Å². The zero-order chi connectivity index (χ0) is 18.6. The molecular formula is C22H23NO2S. The number of nitrogens with one attached hydrogen (secondary N) is 1. The minimum Gasteiger partial charge on any atom is -0.280 e. The highest BCUT2D eigenvalue weighted by atomic mass is 32.2. The third-order valence-electron chi connectivity index (χ3n) is 4.29. The molecule has 4 heteroatoms. The van der Waals surface area contributed by atoms with Crippen molar-refractivity contribution in [3.8, 4) is 0 Å². The van der Waals surface area contributed by atoms with Gasteiger partial charge in [0.15, 0.2) is 0 Å². The van der Waals surface area contributed by atoms with Gasteiger partial charge in [-0.3, -0.25) is 4.72 Å². The van der Waals surface area contributed by atoms with E-state index in [0.29, 0.717) is 11.6 Å². The molecule has 0 radical (unpaired) electrons. The van der Waals surface area contributed by atoms with Crippen LogP contribution >= 0.6 is 0 Å². The summed E-state index contributed by atoms with van der Waals surface area (Å²) in [7, 11) is -3.60. The molecule has 0 unspecified atom stereocenters. The zero-order valence-electron chi connectivity index (χ0n) is 15.0. The van der Waals surface area contributed by atoms with E-state index >= 15 is 0 Å². The standard InChI is InChI=1S/C22H23NO2S/c1-17(2)20-11-13-22(14-12-20)26(24,25)23-21-10-6-9-19(16-21)15-18-7-4-3-5-8-18/h3-14,16-17,23H,15H2,1-2H3. The van der Waals surface area contributed by atoms with Crippen LogP contribution in [-0.2, 0) is 16.4 Å². The maximum absolute atomic E-state index is 12.6. The molecule has 0 amide bonds. The van der Waals surface area contributed by atoms with Crippen LogP contribution in [0, 0.1) is 0 Å². The Morgan fingerprint density at radius 1 is 0.808 bits per heavy atom. The summed E-state index contributed by atoms with van der Waals surface area (Å²) in [4.78, 5) is 0.273. The van der Waals surface area contributed by atoms with E-state index in [9.17, 15) is 8.42 Å². The minimum atomic E-state index is -3.60. The van der Waals surface area contributed by atoms with E-state index in [1.165, 1.54) is 5.56 Å². The molecule has 0 aromatic heterocycles. The Morgan fingerprint density at radius 2 is 1.46 bits per heavy atom. The maximum Gasteiger partial charge on any atom is 0.261 e. The summed E-state index contributed by atoms with van der Waals surface area (Å²) in [6, 6.07) is 24.7. The highest BCUT2D eigenvalue weighted by Crippen LogP contribution is 2.21. The van der Waals surface area contributed by atoms with Crippen LogP contribution in [0.25, 0.3) is 0 Å². The second-order valence-electron chi connectivity index (χ2n) is 6.69. The minimum absolute atomic E-state index is 0.273. The number of sulfonamides is 1. The van der Waals surface area contributed by atoms with Crippen LogP contribution in [0.1, 0.15) is 36.5 Å². The quantitative estimate of drug-likeness (QED) is 0.652. The van der Waals surface area contributed by atoms with Crippen molar-refractivity contribution in [2.75, 3.05) is 4.72 Å². The average Bonchev–Trinajstić information content (AvgIpc) is 2.62. The largest absolute Gasteiger partial charge is 0.280 e. The molecule has 0 atom stereocenters. The number of rotatable bonds is 6. The van der Waals surface area contributed by atoms with E-state index < -0.39 is 10.0 Å². The first-order valence-electron chi connectivity index (χ1n) is 8.70. The normalized spacial score (nSPS) is 11.5. The molecule has 0 fully saturated rings. The van der Waals surface area contributed by atoms with Gasteiger partial charge in [0, 0.05) is 5.69 Å². The fourth-order valence-electron chi connectivity index (χ4n) is 2.82. The lowest BCUT2D eigenvalue weighted by molar-refractivity contribution is 0.601. The lowest BCUT2D eigenvalue weighted by Gasteiger charge is -2.11. The van der Waals surface area contributed by atoms with Crippen molar-refractivity contribution >= 4 is 15.7 Å². The van der Waals surface area contributed by atoms with E-state index in [4.69, 9.17) is 0 Å². The summed E-state index contributed by atoms with van der Waals surface area (Å²) in [6.45, 7) is 4.17. The monoisotopic (exact) mass is 365 g/mol. The van der Waals surface area contributed by atoms with Crippen molar-refractivity contribution in [2.24, 2.45) is 0 Å². The smallest absolute Gasteiger partial charge is 0.261 e. The van der Waals surface area contributed by atoms with Crippen LogP contribution in [0.3, 0.4) is 0 Å². The molecular weight excluding hydrogens is 342 g/mol. The number of hydrogen-bond donors (Lipinski definition) is 1. The Kier molecular flexibility index (Phi) is 5.43. The third kappa shape index (κ3) is 4.52. The summed E-state index contributed by atoms with van der Waals surface area (Å²) in [6.07, 6.45) is 0.763.